The van der Waals surface area contributed by atoms with Crippen LogP contribution in [0.3, 0.4) is 0 Å². The predicted octanol–water partition coefficient (Wildman–Crippen LogP) is 4.67. The molecule has 0 amide bonds. The van der Waals surface area contributed by atoms with E-state index >= 15 is 0 Å². The third-order valence-electron chi connectivity index (χ3n) is 5.53. The van der Waals surface area contributed by atoms with Crippen molar-refractivity contribution in [1.82, 2.24) is 9.65 Å². The summed E-state index contributed by atoms with van der Waals surface area (Å²) in [5, 5.41) is 0. The number of rotatable bonds is 6. The second-order valence-corrected chi connectivity index (χ2v) is 9.80. The van der Waals surface area contributed by atoms with Crippen LogP contribution in [-0.4, -0.2) is 42.4 Å². The second kappa shape index (κ2) is 8.81. The predicted molar refractivity (Wildman–Crippen MR) is 112 cm³/mol. The summed E-state index contributed by atoms with van der Waals surface area (Å²) in [6.07, 6.45) is 6.71. The Labute approximate surface area is 167 Å². The van der Waals surface area contributed by atoms with Crippen molar-refractivity contribution in [3.63, 3.8) is 0 Å². The zero-order valence-electron chi connectivity index (χ0n) is 16.7. The Morgan fingerprint density at radius 1 is 1.00 bits per heavy atom. The van der Waals surface area contributed by atoms with Gasteiger partial charge in [0.05, 0.1) is 6.61 Å². The molecule has 1 aromatic heterocycles. The van der Waals surface area contributed by atoms with E-state index in [1.807, 2.05) is 41.9 Å². The Morgan fingerprint density at radius 2 is 1.64 bits per heavy atom. The van der Waals surface area contributed by atoms with Crippen LogP contribution in [0.5, 0.6) is 0 Å². The summed E-state index contributed by atoms with van der Waals surface area (Å²) in [5.74, 6) is 1.16. The van der Waals surface area contributed by atoms with Crippen LogP contribution < -0.4 is 10.3 Å². The molecule has 2 fully saturated rings. The first-order chi connectivity index (χ1) is 13.7. The Morgan fingerprint density at radius 3 is 2.29 bits per heavy atom. The normalized spacial score (nSPS) is 20.8. The number of benzene rings is 1. The van der Waals surface area contributed by atoms with Crippen molar-refractivity contribution in [2.75, 3.05) is 37.7 Å². The third-order valence-corrected chi connectivity index (χ3v) is 8.11. The van der Waals surface area contributed by atoms with E-state index in [9.17, 15) is 4.57 Å². The minimum absolute atomic E-state index is 0.390. The van der Waals surface area contributed by atoms with Crippen molar-refractivity contribution in [2.24, 2.45) is 0 Å². The molecule has 2 aliphatic rings. The van der Waals surface area contributed by atoms with Gasteiger partial charge in [-0.3, -0.25) is 4.57 Å². The smallest absolute Gasteiger partial charge is 0.326 e. The molecule has 2 aliphatic heterocycles. The Balaban J connectivity index is 1.80. The SMILES string of the molecule is CCOP(=O)(c1nc(-c2ccccc2)oc1N1CCCCC1)N1CCCCC1. The summed E-state index contributed by atoms with van der Waals surface area (Å²) in [6, 6.07) is 9.85. The highest BCUT2D eigenvalue weighted by Crippen LogP contribution is 2.53. The van der Waals surface area contributed by atoms with Gasteiger partial charge in [-0.15, -0.1) is 0 Å². The summed E-state index contributed by atoms with van der Waals surface area (Å²) >= 11 is 0. The van der Waals surface area contributed by atoms with Crippen LogP contribution in [-0.2, 0) is 9.09 Å². The van der Waals surface area contributed by atoms with E-state index in [-0.39, 0.29) is 0 Å². The molecular formula is C21H30N3O3P. The molecule has 28 heavy (non-hydrogen) atoms. The molecular weight excluding hydrogens is 373 g/mol. The minimum Gasteiger partial charge on any atom is -0.420 e. The van der Waals surface area contributed by atoms with Crippen molar-refractivity contribution in [1.29, 1.82) is 0 Å². The van der Waals surface area contributed by atoms with Gasteiger partial charge in [-0.2, -0.15) is 4.98 Å². The largest absolute Gasteiger partial charge is 0.420 e. The third kappa shape index (κ3) is 3.91. The molecule has 0 radical (unpaired) electrons. The fraction of sp³-hybridized carbons (Fsp3) is 0.571. The van der Waals surface area contributed by atoms with Crippen LogP contribution in [0.25, 0.3) is 11.5 Å². The van der Waals surface area contributed by atoms with Gasteiger partial charge in [0.1, 0.15) is 0 Å². The molecule has 152 valence electrons. The Bertz CT molecular complexity index is 812. The average molecular weight is 403 g/mol. The molecule has 0 aliphatic carbocycles. The second-order valence-electron chi connectivity index (χ2n) is 7.51. The van der Waals surface area contributed by atoms with Gasteiger partial charge in [0.25, 0.3) is 0 Å². The van der Waals surface area contributed by atoms with E-state index in [4.69, 9.17) is 13.9 Å². The molecule has 0 saturated carbocycles. The molecule has 2 saturated heterocycles. The van der Waals surface area contributed by atoms with Gasteiger partial charge in [-0.05, 0) is 51.2 Å². The monoisotopic (exact) mass is 403 g/mol. The number of anilines is 1. The average Bonchev–Trinajstić information content (AvgIpc) is 3.22. The maximum Gasteiger partial charge on any atom is 0.326 e. The van der Waals surface area contributed by atoms with Crippen molar-refractivity contribution in [2.45, 2.75) is 45.4 Å². The number of piperidine rings is 2. The molecule has 1 atom stereocenters. The molecule has 7 heteroatoms. The van der Waals surface area contributed by atoms with Gasteiger partial charge in [-0.25, -0.2) is 4.67 Å². The summed E-state index contributed by atoms with van der Waals surface area (Å²) in [4.78, 5) is 6.99. The van der Waals surface area contributed by atoms with E-state index in [2.05, 4.69) is 4.90 Å². The van der Waals surface area contributed by atoms with Crippen molar-refractivity contribution < 1.29 is 13.5 Å². The number of oxazole rings is 1. The van der Waals surface area contributed by atoms with Crippen molar-refractivity contribution in [3.8, 4) is 11.5 Å². The minimum atomic E-state index is -3.26. The highest BCUT2D eigenvalue weighted by molar-refractivity contribution is 7.64. The maximum absolute atomic E-state index is 14.2. The van der Waals surface area contributed by atoms with Gasteiger partial charge in [-0.1, -0.05) is 24.6 Å². The molecule has 4 rings (SSSR count). The van der Waals surface area contributed by atoms with E-state index in [0.29, 0.717) is 23.8 Å². The first kappa shape index (κ1) is 19.7. The lowest BCUT2D eigenvalue weighted by molar-refractivity contribution is 0.258. The summed E-state index contributed by atoms with van der Waals surface area (Å²) in [6.45, 7) is 5.66. The maximum atomic E-state index is 14.2. The van der Waals surface area contributed by atoms with Crippen LogP contribution >= 0.6 is 7.52 Å². The topological polar surface area (TPSA) is 58.8 Å². The number of aromatic nitrogens is 1. The van der Waals surface area contributed by atoms with Gasteiger partial charge in [0, 0.05) is 31.7 Å². The number of hydrogen-bond acceptors (Lipinski definition) is 5. The van der Waals surface area contributed by atoms with Crippen molar-refractivity contribution in [3.05, 3.63) is 30.3 Å². The quantitative estimate of drug-likeness (QED) is 0.653. The highest BCUT2D eigenvalue weighted by atomic mass is 31.2. The lowest BCUT2D eigenvalue weighted by Crippen LogP contribution is -2.37. The molecule has 0 bridgehead atoms. The van der Waals surface area contributed by atoms with Gasteiger partial charge in [0.2, 0.25) is 17.2 Å². The number of hydrogen-bond donors (Lipinski definition) is 0. The summed E-state index contributed by atoms with van der Waals surface area (Å²) < 4.78 is 28.5. The molecule has 0 N–H and O–H groups in total. The van der Waals surface area contributed by atoms with Crippen LogP contribution in [0.2, 0.25) is 0 Å². The fourth-order valence-corrected chi connectivity index (χ4v) is 6.45. The molecule has 6 nitrogen and oxygen atoms in total. The zero-order valence-corrected chi connectivity index (χ0v) is 17.6. The van der Waals surface area contributed by atoms with Crippen LogP contribution in [0, 0.1) is 0 Å². The van der Waals surface area contributed by atoms with Gasteiger partial charge < -0.3 is 13.8 Å². The molecule has 1 unspecified atom stereocenters. The first-order valence-corrected chi connectivity index (χ1v) is 12.1. The zero-order chi connectivity index (χ0) is 19.4. The van der Waals surface area contributed by atoms with E-state index in [1.165, 1.54) is 12.8 Å². The highest BCUT2D eigenvalue weighted by Gasteiger charge is 2.42. The van der Waals surface area contributed by atoms with Crippen molar-refractivity contribution >= 4 is 18.8 Å². The van der Waals surface area contributed by atoms with E-state index < -0.39 is 7.52 Å². The standard InChI is InChI=1S/C21H30N3O3P/c1-2-26-28(25,24-16-10-5-11-17-24)20-21(23-14-8-4-9-15-23)27-19(22-20)18-12-6-3-7-13-18/h3,6-7,12-13H,2,4-5,8-11,14-17H2,1H3. The van der Waals surface area contributed by atoms with E-state index in [1.54, 1.807) is 0 Å². The Kier molecular flexibility index (Phi) is 6.19. The summed E-state index contributed by atoms with van der Waals surface area (Å²) in [5.41, 5.74) is 1.39. The van der Waals surface area contributed by atoms with Gasteiger partial charge >= 0.3 is 7.52 Å². The summed E-state index contributed by atoms with van der Waals surface area (Å²) in [7, 11) is -3.26. The van der Waals surface area contributed by atoms with Crippen LogP contribution in [0.4, 0.5) is 5.88 Å². The first-order valence-electron chi connectivity index (χ1n) is 10.5. The van der Waals surface area contributed by atoms with Crippen LogP contribution in [0.1, 0.15) is 45.4 Å². The number of nitrogens with zero attached hydrogens (tertiary/aromatic N) is 3. The van der Waals surface area contributed by atoms with E-state index in [0.717, 1.165) is 57.4 Å². The lowest BCUT2D eigenvalue weighted by Gasteiger charge is -2.34. The lowest BCUT2D eigenvalue weighted by atomic mass is 10.1. The van der Waals surface area contributed by atoms with Crippen LogP contribution in [0.15, 0.2) is 34.7 Å². The molecule has 2 aromatic rings. The molecule has 3 heterocycles. The Hall–Kier alpha value is -1.62. The molecule has 0 spiro atoms. The molecule has 1 aromatic carbocycles. The fourth-order valence-electron chi connectivity index (χ4n) is 4.09. The van der Waals surface area contributed by atoms with Gasteiger partial charge in [0.15, 0.2) is 0 Å².